The normalized spacial score (nSPS) is 25.6. The number of aromatic nitrogens is 6. The molecule has 3 heterocycles. The average Bonchev–Trinajstić information content (AvgIpc) is 3.22. The van der Waals surface area contributed by atoms with Crippen LogP contribution in [0, 0.1) is 0 Å². The van der Waals surface area contributed by atoms with E-state index in [1.165, 1.54) is 11.1 Å². The number of hydrogen-bond donors (Lipinski definition) is 2. The molecule has 1 saturated carbocycles. The van der Waals surface area contributed by atoms with Crippen LogP contribution in [0.3, 0.4) is 0 Å². The first-order valence-corrected chi connectivity index (χ1v) is 8.42. The quantitative estimate of drug-likeness (QED) is 0.715. The van der Waals surface area contributed by atoms with Crippen LogP contribution in [0.5, 0.6) is 0 Å². The topological polar surface area (TPSA) is 122 Å². The van der Waals surface area contributed by atoms with Gasteiger partial charge in [0.05, 0.1) is 6.10 Å². The van der Waals surface area contributed by atoms with Gasteiger partial charge in [0.2, 0.25) is 5.91 Å². The molecule has 132 valence electrons. The Hall–Kier alpha value is -2.62. The summed E-state index contributed by atoms with van der Waals surface area (Å²) in [5.74, 6) is 1.08. The molecule has 1 amide bonds. The predicted molar refractivity (Wildman–Crippen MR) is 86.6 cm³/mol. The van der Waals surface area contributed by atoms with Gasteiger partial charge in [0, 0.05) is 36.8 Å². The lowest BCUT2D eigenvalue weighted by atomic mass is 9.78. The van der Waals surface area contributed by atoms with Crippen LogP contribution in [-0.4, -0.2) is 66.4 Å². The van der Waals surface area contributed by atoms with Crippen LogP contribution in [0.1, 0.15) is 30.9 Å². The van der Waals surface area contributed by atoms with Crippen LogP contribution < -0.4 is 10.2 Å². The molecule has 10 nitrogen and oxygen atoms in total. The van der Waals surface area contributed by atoms with Crippen molar-refractivity contribution < 1.29 is 9.90 Å². The summed E-state index contributed by atoms with van der Waals surface area (Å²) in [7, 11) is 0. The van der Waals surface area contributed by atoms with E-state index >= 15 is 0 Å². The zero-order valence-electron chi connectivity index (χ0n) is 13.7. The number of aliphatic hydroxyl groups excluding tert-OH is 1. The van der Waals surface area contributed by atoms with Crippen molar-refractivity contribution in [1.82, 2.24) is 35.5 Å². The highest BCUT2D eigenvalue weighted by molar-refractivity contribution is 5.76. The van der Waals surface area contributed by atoms with Gasteiger partial charge in [-0.15, -0.1) is 10.2 Å². The van der Waals surface area contributed by atoms with E-state index < -0.39 is 0 Å². The smallest absolute Gasteiger partial charge is 0.243 e. The van der Waals surface area contributed by atoms with Crippen molar-refractivity contribution in [3.63, 3.8) is 0 Å². The summed E-state index contributed by atoms with van der Waals surface area (Å²) >= 11 is 0. The summed E-state index contributed by atoms with van der Waals surface area (Å²) < 4.78 is 0. The number of carbonyl (C=O) groups is 1. The van der Waals surface area contributed by atoms with Crippen molar-refractivity contribution in [3.8, 4) is 0 Å². The zero-order valence-corrected chi connectivity index (χ0v) is 13.7. The number of tetrazole rings is 1. The molecular weight excluding hydrogens is 324 g/mol. The number of amides is 1. The lowest BCUT2D eigenvalue weighted by Crippen LogP contribution is -2.45. The number of rotatable bonds is 5. The molecule has 1 atom stereocenters. The number of hydrogen-bond acceptors (Lipinski definition) is 8. The van der Waals surface area contributed by atoms with E-state index in [2.05, 4.69) is 35.6 Å². The maximum absolute atomic E-state index is 11.9. The molecule has 0 aromatic carbocycles. The van der Waals surface area contributed by atoms with Crippen molar-refractivity contribution >= 4 is 11.7 Å². The second kappa shape index (κ2) is 6.71. The first-order valence-electron chi connectivity index (χ1n) is 8.42. The molecule has 2 aromatic rings. The Labute approximate surface area is 144 Å². The zero-order chi connectivity index (χ0) is 17.2. The van der Waals surface area contributed by atoms with Crippen molar-refractivity contribution in [1.29, 1.82) is 0 Å². The Balaban J connectivity index is 1.29. The molecule has 10 heteroatoms. The number of β-amino-alcohol motifs (C(OH)–C–C–N with tert-alkyl or cyclic N) is 1. The summed E-state index contributed by atoms with van der Waals surface area (Å²) in [4.78, 5) is 24.0. The van der Waals surface area contributed by atoms with Gasteiger partial charge in [-0.3, -0.25) is 4.79 Å². The maximum Gasteiger partial charge on any atom is 0.243 e. The lowest BCUT2D eigenvalue weighted by Gasteiger charge is -2.35. The van der Waals surface area contributed by atoms with E-state index in [0.29, 0.717) is 12.5 Å². The van der Waals surface area contributed by atoms with E-state index in [1.54, 1.807) is 6.33 Å². The number of carbonyl (C=O) groups excluding carboxylic acids is 1. The van der Waals surface area contributed by atoms with Gasteiger partial charge in [0.15, 0.2) is 6.33 Å². The third-order valence-corrected chi connectivity index (χ3v) is 4.76. The van der Waals surface area contributed by atoms with Gasteiger partial charge in [-0.1, -0.05) is 0 Å². The molecule has 2 aromatic heterocycles. The first kappa shape index (κ1) is 15.9. The van der Waals surface area contributed by atoms with Crippen molar-refractivity contribution in [3.05, 3.63) is 24.4 Å². The highest BCUT2D eigenvalue weighted by Gasteiger charge is 2.33. The van der Waals surface area contributed by atoms with Gasteiger partial charge in [-0.2, -0.15) is 4.80 Å². The van der Waals surface area contributed by atoms with Crippen LogP contribution in [0.4, 0.5) is 5.82 Å². The molecule has 1 unspecified atom stereocenters. The fraction of sp³-hybridized carbons (Fsp3) is 0.600. The molecule has 2 aliphatic rings. The van der Waals surface area contributed by atoms with Crippen molar-refractivity contribution in [2.75, 3.05) is 18.0 Å². The highest BCUT2D eigenvalue weighted by atomic mass is 16.3. The Morgan fingerprint density at radius 2 is 2.20 bits per heavy atom. The van der Waals surface area contributed by atoms with Gasteiger partial charge in [0.1, 0.15) is 18.7 Å². The molecule has 0 bridgehead atoms. The van der Waals surface area contributed by atoms with Gasteiger partial charge in [-0.25, -0.2) is 9.97 Å². The molecule has 0 radical (unpaired) electrons. The Kier molecular flexibility index (Phi) is 4.26. The standard InChI is InChI=1S/C15H20N8O2/c24-12-1-2-22(6-12)14-5-13(16-8-17-14)10-3-11(4-10)20-15(25)7-23-19-9-18-21-23/h5,8-12,24H,1-4,6-7H2,(H,20,25). The monoisotopic (exact) mass is 344 g/mol. The van der Waals surface area contributed by atoms with Crippen LogP contribution in [0.25, 0.3) is 0 Å². The summed E-state index contributed by atoms with van der Waals surface area (Å²) in [6, 6.07) is 2.15. The Morgan fingerprint density at radius 1 is 1.32 bits per heavy atom. The van der Waals surface area contributed by atoms with E-state index in [4.69, 9.17) is 0 Å². The van der Waals surface area contributed by atoms with Gasteiger partial charge in [-0.05, 0) is 24.5 Å². The van der Waals surface area contributed by atoms with Crippen LogP contribution in [-0.2, 0) is 11.3 Å². The van der Waals surface area contributed by atoms with Crippen LogP contribution in [0.2, 0.25) is 0 Å². The summed E-state index contributed by atoms with van der Waals surface area (Å²) in [6.07, 6.45) is 5.10. The summed E-state index contributed by atoms with van der Waals surface area (Å²) in [5.41, 5.74) is 0.995. The maximum atomic E-state index is 11.9. The third-order valence-electron chi connectivity index (χ3n) is 4.76. The fourth-order valence-electron chi connectivity index (χ4n) is 3.35. The Morgan fingerprint density at radius 3 is 2.92 bits per heavy atom. The van der Waals surface area contributed by atoms with E-state index in [0.717, 1.165) is 37.3 Å². The minimum Gasteiger partial charge on any atom is -0.391 e. The van der Waals surface area contributed by atoms with Gasteiger partial charge in [0.25, 0.3) is 0 Å². The third kappa shape index (κ3) is 3.58. The molecule has 2 N–H and O–H groups in total. The molecule has 1 aliphatic carbocycles. The highest BCUT2D eigenvalue weighted by Crippen LogP contribution is 2.36. The van der Waals surface area contributed by atoms with Crippen LogP contribution >= 0.6 is 0 Å². The first-order chi connectivity index (χ1) is 12.2. The summed E-state index contributed by atoms with van der Waals surface area (Å²) in [6.45, 7) is 1.52. The van der Waals surface area contributed by atoms with E-state index in [-0.39, 0.29) is 24.6 Å². The molecule has 0 spiro atoms. The van der Waals surface area contributed by atoms with E-state index in [1.807, 2.05) is 6.07 Å². The summed E-state index contributed by atoms with van der Waals surface area (Å²) in [5, 5.41) is 23.7. The number of nitrogens with one attached hydrogen (secondary N) is 1. The fourth-order valence-corrected chi connectivity index (χ4v) is 3.35. The molecular formula is C15H20N8O2. The lowest BCUT2D eigenvalue weighted by molar-refractivity contribution is -0.123. The molecule has 1 aliphatic heterocycles. The Bertz CT molecular complexity index is 731. The van der Waals surface area contributed by atoms with Crippen molar-refractivity contribution in [2.24, 2.45) is 0 Å². The molecule has 4 rings (SSSR count). The molecule has 25 heavy (non-hydrogen) atoms. The van der Waals surface area contributed by atoms with Gasteiger partial charge < -0.3 is 15.3 Å². The second-order valence-corrected chi connectivity index (χ2v) is 6.59. The number of aliphatic hydroxyl groups is 1. The van der Waals surface area contributed by atoms with Crippen LogP contribution in [0.15, 0.2) is 18.7 Å². The minimum absolute atomic E-state index is 0.0795. The predicted octanol–water partition coefficient (Wildman–Crippen LogP) is -0.903. The van der Waals surface area contributed by atoms with Crippen molar-refractivity contribution in [2.45, 2.75) is 43.9 Å². The SMILES string of the molecule is O=C(Cn1ncnn1)NC1CC(c2cc(N3CCC(O)C3)ncn2)C1. The van der Waals surface area contributed by atoms with Gasteiger partial charge >= 0.3 is 0 Å². The number of anilines is 1. The minimum atomic E-state index is -0.277. The molecule has 1 saturated heterocycles. The average molecular weight is 344 g/mol. The second-order valence-electron chi connectivity index (χ2n) is 6.59. The largest absolute Gasteiger partial charge is 0.391 e. The van der Waals surface area contributed by atoms with E-state index in [9.17, 15) is 9.90 Å². The number of nitrogens with zero attached hydrogens (tertiary/aromatic N) is 7. The molecule has 2 fully saturated rings.